The number of rotatable bonds is 3. The van der Waals surface area contributed by atoms with Crippen LogP contribution in [-0.2, 0) is 13.5 Å². The van der Waals surface area contributed by atoms with E-state index in [-0.39, 0.29) is 12.4 Å². The number of aromatic nitrogens is 1. The molecule has 3 rings (SSSR count). The number of nitrogens with two attached hydrogens (primary N) is 1. The average molecular weight is 260 g/mol. The molecule has 19 heavy (non-hydrogen) atoms. The number of nitrogens with zero attached hydrogens (tertiary/aromatic N) is 1. The molecule has 0 amide bonds. The molecular formula is C14H16N2O3. The van der Waals surface area contributed by atoms with Gasteiger partial charge in [-0.1, -0.05) is 0 Å². The Kier molecular flexibility index (Phi) is 2.91. The molecule has 0 atom stereocenters. The Labute approximate surface area is 110 Å². The third-order valence-electron chi connectivity index (χ3n) is 3.44. The average Bonchev–Trinajstić information content (AvgIpc) is 2.86. The Balaban J connectivity index is 2.19. The zero-order valence-corrected chi connectivity index (χ0v) is 10.8. The molecule has 100 valence electrons. The van der Waals surface area contributed by atoms with Gasteiger partial charge in [0.15, 0.2) is 11.5 Å². The van der Waals surface area contributed by atoms with Crippen molar-refractivity contribution >= 4 is 10.9 Å². The first kappa shape index (κ1) is 12.0. The predicted molar refractivity (Wildman–Crippen MR) is 72.7 cm³/mol. The molecule has 0 radical (unpaired) electrons. The molecule has 0 saturated carbocycles. The number of benzene rings is 1. The summed E-state index contributed by atoms with van der Waals surface area (Å²) in [7, 11) is 1.78. The van der Waals surface area contributed by atoms with E-state index in [0.29, 0.717) is 18.7 Å². The fourth-order valence-electron chi connectivity index (χ4n) is 2.40. The van der Waals surface area contributed by atoms with Crippen molar-refractivity contribution in [2.24, 2.45) is 12.8 Å². The van der Waals surface area contributed by atoms with Crippen molar-refractivity contribution in [1.82, 2.24) is 4.57 Å². The summed E-state index contributed by atoms with van der Waals surface area (Å²) in [5, 5.41) is 0.985. The SMILES string of the molecule is Cn1c(=O)c(CCCN)cc2cc3c(cc21)OCO3. The van der Waals surface area contributed by atoms with E-state index in [1.165, 1.54) is 0 Å². The smallest absolute Gasteiger partial charge is 0.253 e. The van der Waals surface area contributed by atoms with Gasteiger partial charge in [0.05, 0.1) is 5.52 Å². The zero-order chi connectivity index (χ0) is 13.4. The highest BCUT2D eigenvalue weighted by Crippen LogP contribution is 2.35. The van der Waals surface area contributed by atoms with E-state index in [0.717, 1.165) is 28.6 Å². The number of hydrogen-bond acceptors (Lipinski definition) is 4. The van der Waals surface area contributed by atoms with E-state index >= 15 is 0 Å². The van der Waals surface area contributed by atoms with Crippen LogP contribution < -0.4 is 20.8 Å². The lowest BCUT2D eigenvalue weighted by molar-refractivity contribution is 0.174. The molecule has 0 saturated heterocycles. The molecule has 0 spiro atoms. The molecule has 2 heterocycles. The van der Waals surface area contributed by atoms with Gasteiger partial charge in [-0.15, -0.1) is 0 Å². The first-order chi connectivity index (χ1) is 9.20. The van der Waals surface area contributed by atoms with Crippen LogP contribution in [0.15, 0.2) is 23.0 Å². The lowest BCUT2D eigenvalue weighted by Crippen LogP contribution is -2.21. The Morgan fingerprint density at radius 2 is 2.00 bits per heavy atom. The highest BCUT2D eigenvalue weighted by atomic mass is 16.7. The van der Waals surface area contributed by atoms with Gasteiger partial charge in [0.2, 0.25) is 6.79 Å². The van der Waals surface area contributed by atoms with E-state index in [1.54, 1.807) is 11.6 Å². The van der Waals surface area contributed by atoms with Gasteiger partial charge in [-0.05, 0) is 31.5 Å². The van der Waals surface area contributed by atoms with Crippen LogP contribution in [0.25, 0.3) is 10.9 Å². The molecule has 1 aliphatic heterocycles. The minimum atomic E-state index is 0.0276. The van der Waals surface area contributed by atoms with Crippen LogP contribution in [0.5, 0.6) is 11.5 Å². The van der Waals surface area contributed by atoms with E-state index in [1.807, 2.05) is 18.2 Å². The topological polar surface area (TPSA) is 66.5 Å². The van der Waals surface area contributed by atoms with Crippen LogP contribution >= 0.6 is 0 Å². The monoisotopic (exact) mass is 260 g/mol. The Hall–Kier alpha value is -2.01. The molecule has 5 nitrogen and oxygen atoms in total. The van der Waals surface area contributed by atoms with E-state index < -0.39 is 0 Å². The maximum atomic E-state index is 12.2. The van der Waals surface area contributed by atoms with Crippen molar-refractivity contribution in [1.29, 1.82) is 0 Å². The third-order valence-corrected chi connectivity index (χ3v) is 3.44. The molecule has 2 aromatic rings. The van der Waals surface area contributed by atoms with E-state index in [4.69, 9.17) is 15.2 Å². The Bertz CT molecular complexity index is 691. The van der Waals surface area contributed by atoms with Gasteiger partial charge < -0.3 is 19.8 Å². The van der Waals surface area contributed by atoms with Crippen molar-refractivity contribution in [2.45, 2.75) is 12.8 Å². The summed E-state index contributed by atoms with van der Waals surface area (Å²) in [5.74, 6) is 1.42. The van der Waals surface area contributed by atoms with Gasteiger partial charge in [-0.3, -0.25) is 4.79 Å². The summed E-state index contributed by atoms with van der Waals surface area (Å²) in [6, 6.07) is 5.70. The van der Waals surface area contributed by atoms with Gasteiger partial charge in [-0.25, -0.2) is 0 Å². The van der Waals surface area contributed by atoms with E-state index in [9.17, 15) is 4.79 Å². The number of fused-ring (bicyclic) bond motifs is 2. The standard InChI is InChI=1S/C14H16N2O3/c1-16-11-7-13-12(18-8-19-13)6-10(11)5-9(14(16)17)3-2-4-15/h5-7H,2-4,8,15H2,1H3. The first-order valence-corrected chi connectivity index (χ1v) is 6.33. The minimum Gasteiger partial charge on any atom is -0.454 e. The molecular weight excluding hydrogens is 244 g/mol. The molecule has 1 aromatic carbocycles. The fraction of sp³-hybridized carbons (Fsp3) is 0.357. The number of ether oxygens (including phenoxy) is 2. The molecule has 0 fully saturated rings. The summed E-state index contributed by atoms with van der Waals surface area (Å²) in [4.78, 5) is 12.2. The maximum absolute atomic E-state index is 12.2. The molecule has 1 aliphatic rings. The summed E-state index contributed by atoms with van der Waals surface area (Å²) < 4.78 is 12.4. The quantitative estimate of drug-likeness (QED) is 0.899. The van der Waals surface area contributed by atoms with Crippen LogP contribution in [0.2, 0.25) is 0 Å². The number of hydrogen-bond donors (Lipinski definition) is 1. The van der Waals surface area contributed by atoms with Crippen molar-refractivity contribution in [3.63, 3.8) is 0 Å². The van der Waals surface area contributed by atoms with Crippen molar-refractivity contribution in [3.8, 4) is 11.5 Å². The Morgan fingerprint density at radius 3 is 2.74 bits per heavy atom. The molecule has 0 aliphatic carbocycles. The Morgan fingerprint density at radius 1 is 1.26 bits per heavy atom. The zero-order valence-electron chi connectivity index (χ0n) is 10.8. The number of pyridine rings is 1. The molecule has 2 N–H and O–H groups in total. The van der Waals surface area contributed by atoms with Gasteiger partial charge in [-0.2, -0.15) is 0 Å². The second-order valence-corrected chi connectivity index (χ2v) is 4.69. The van der Waals surface area contributed by atoms with Crippen LogP contribution in [0, 0.1) is 0 Å². The molecule has 0 unspecified atom stereocenters. The highest BCUT2D eigenvalue weighted by molar-refractivity contribution is 5.84. The van der Waals surface area contributed by atoms with Crippen LogP contribution in [0.3, 0.4) is 0 Å². The summed E-state index contributed by atoms with van der Waals surface area (Å²) in [5.41, 5.74) is 7.18. The predicted octanol–water partition coefficient (Wildman–Crippen LogP) is 1.16. The van der Waals surface area contributed by atoms with Crippen LogP contribution in [-0.4, -0.2) is 17.9 Å². The second kappa shape index (κ2) is 4.59. The molecule has 0 bridgehead atoms. The van der Waals surface area contributed by atoms with Crippen LogP contribution in [0.4, 0.5) is 0 Å². The highest BCUT2D eigenvalue weighted by Gasteiger charge is 2.16. The fourth-order valence-corrected chi connectivity index (χ4v) is 2.40. The van der Waals surface area contributed by atoms with Crippen molar-refractivity contribution in [2.75, 3.05) is 13.3 Å². The van der Waals surface area contributed by atoms with Gasteiger partial charge in [0.25, 0.3) is 5.56 Å². The van der Waals surface area contributed by atoms with E-state index in [2.05, 4.69) is 0 Å². The second-order valence-electron chi connectivity index (χ2n) is 4.69. The largest absolute Gasteiger partial charge is 0.454 e. The lowest BCUT2D eigenvalue weighted by Gasteiger charge is -2.09. The molecule has 5 heteroatoms. The normalized spacial score (nSPS) is 13.2. The van der Waals surface area contributed by atoms with Crippen molar-refractivity contribution in [3.05, 3.63) is 34.1 Å². The third kappa shape index (κ3) is 1.96. The summed E-state index contributed by atoms with van der Waals surface area (Å²) >= 11 is 0. The first-order valence-electron chi connectivity index (χ1n) is 6.33. The number of aryl methyl sites for hydroxylation is 2. The van der Waals surface area contributed by atoms with Crippen LogP contribution in [0.1, 0.15) is 12.0 Å². The summed E-state index contributed by atoms with van der Waals surface area (Å²) in [6.07, 6.45) is 1.51. The van der Waals surface area contributed by atoms with Crippen molar-refractivity contribution < 1.29 is 9.47 Å². The van der Waals surface area contributed by atoms with Gasteiger partial charge >= 0.3 is 0 Å². The van der Waals surface area contributed by atoms with Gasteiger partial charge in [0.1, 0.15) is 0 Å². The van der Waals surface area contributed by atoms with Gasteiger partial charge in [0, 0.05) is 24.1 Å². The molecule has 1 aromatic heterocycles. The lowest BCUT2D eigenvalue weighted by atomic mass is 10.1. The minimum absolute atomic E-state index is 0.0276. The maximum Gasteiger partial charge on any atom is 0.253 e. The summed E-state index contributed by atoms with van der Waals surface area (Å²) in [6.45, 7) is 0.821.